The largest absolute Gasteiger partial charge is 0.508 e. The molecular formula is C27H34F3N7O. The Hall–Kier alpha value is -3.60. The van der Waals surface area contributed by atoms with Gasteiger partial charge in [-0.05, 0) is 54.7 Å². The summed E-state index contributed by atoms with van der Waals surface area (Å²) in [4.78, 5) is 20.4. The monoisotopic (exact) mass is 529 g/mol. The van der Waals surface area contributed by atoms with Crippen molar-refractivity contribution in [2.75, 3.05) is 68.1 Å². The highest BCUT2D eigenvalue weighted by Gasteiger charge is 2.29. The molecule has 0 saturated carbocycles. The lowest BCUT2D eigenvalue weighted by Gasteiger charge is -2.29. The second kappa shape index (κ2) is 12.3. The Morgan fingerprint density at radius 1 is 0.816 bits per heavy atom. The van der Waals surface area contributed by atoms with Crippen molar-refractivity contribution in [1.82, 2.24) is 20.3 Å². The lowest BCUT2D eigenvalue weighted by molar-refractivity contribution is -0.137. The number of aromatic nitrogens is 3. The summed E-state index contributed by atoms with van der Waals surface area (Å²) in [6, 6.07) is 12.5. The molecule has 4 rings (SSSR count). The standard InChI is InChI=1S/C27H34F3N7O/c1-35(16-3-4-20-5-9-22(10-6-20)27(28,29)30)24-32-25(34-26(33-24)37-18-14-31-15-19-37)36(2)17-13-21-7-11-23(38)12-8-21/h5-12,31,38H,3-4,13-19H2,1-2H3. The zero-order valence-electron chi connectivity index (χ0n) is 21.7. The van der Waals surface area contributed by atoms with Crippen molar-refractivity contribution in [2.24, 2.45) is 0 Å². The van der Waals surface area contributed by atoms with E-state index in [1.54, 1.807) is 12.1 Å². The van der Waals surface area contributed by atoms with Crippen molar-refractivity contribution in [3.63, 3.8) is 0 Å². The molecule has 1 aliphatic heterocycles. The maximum absolute atomic E-state index is 12.8. The number of nitrogens with one attached hydrogen (secondary N) is 1. The van der Waals surface area contributed by atoms with Gasteiger partial charge >= 0.3 is 6.18 Å². The fourth-order valence-electron chi connectivity index (χ4n) is 4.23. The molecule has 1 aromatic heterocycles. The molecule has 3 aromatic rings. The molecule has 38 heavy (non-hydrogen) atoms. The van der Waals surface area contributed by atoms with Crippen LogP contribution in [0.25, 0.3) is 0 Å². The van der Waals surface area contributed by atoms with Crippen molar-refractivity contribution in [2.45, 2.75) is 25.4 Å². The number of rotatable bonds is 10. The molecule has 1 aliphatic rings. The van der Waals surface area contributed by atoms with Gasteiger partial charge < -0.3 is 25.1 Å². The summed E-state index contributed by atoms with van der Waals surface area (Å²) >= 11 is 0. The minimum absolute atomic E-state index is 0.242. The number of benzene rings is 2. The number of anilines is 3. The van der Waals surface area contributed by atoms with E-state index in [0.29, 0.717) is 37.4 Å². The average molecular weight is 530 g/mol. The van der Waals surface area contributed by atoms with Gasteiger partial charge in [0.2, 0.25) is 17.8 Å². The molecule has 2 aromatic carbocycles. The van der Waals surface area contributed by atoms with Gasteiger partial charge in [0.05, 0.1) is 5.56 Å². The fourth-order valence-corrected chi connectivity index (χ4v) is 4.23. The van der Waals surface area contributed by atoms with Crippen LogP contribution in [0.1, 0.15) is 23.1 Å². The number of halogens is 3. The van der Waals surface area contributed by atoms with E-state index in [1.807, 2.05) is 36.0 Å². The zero-order chi connectivity index (χ0) is 27.1. The van der Waals surface area contributed by atoms with E-state index >= 15 is 0 Å². The van der Waals surface area contributed by atoms with Gasteiger partial charge in [-0.1, -0.05) is 24.3 Å². The Morgan fingerprint density at radius 2 is 1.37 bits per heavy atom. The van der Waals surface area contributed by atoms with Crippen LogP contribution in [0, 0.1) is 0 Å². The summed E-state index contributed by atoms with van der Waals surface area (Å²) in [5.74, 6) is 2.02. The maximum Gasteiger partial charge on any atom is 0.416 e. The second-order valence-electron chi connectivity index (χ2n) is 9.53. The summed E-state index contributed by atoms with van der Waals surface area (Å²) in [5.41, 5.74) is 1.33. The van der Waals surface area contributed by atoms with Crippen LogP contribution in [0.2, 0.25) is 0 Å². The van der Waals surface area contributed by atoms with E-state index in [9.17, 15) is 18.3 Å². The lowest BCUT2D eigenvalue weighted by atomic mass is 10.1. The highest BCUT2D eigenvalue weighted by atomic mass is 19.4. The molecule has 0 atom stereocenters. The smallest absolute Gasteiger partial charge is 0.416 e. The molecule has 0 unspecified atom stereocenters. The summed E-state index contributed by atoms with van der Waals surface area (Å²) in [5, 5.41) is 12.9. The van der Waals surface area contributed by atoms with Crippen molar-refractivity contribution >= 4 is 17.8 Å². The predicted octanol–water partition coefficient (Wildman–Crippen LogP) is 3.75. The predicted molar refractivity (Wildman–Crippen MR) is 143 cm³/mol. The molecule has 0 bridgehead atoms. The number of hydrogen-bond acceptors (Lipinski definition) is 8. The Morgan fingerprint density at radius 3 is 1.97 bits per heavy atom. The zero-order valence-corrected chi connectivity index (χ0v) is 21.7. The van der Waals surface area contributed by atoms with Crippen molar-refractivity contribution < 1.29 is 18.3 Å². The van der Waals surface area contributed by atoms with E-state index in [2.05, 4.69) is 10.2 Å². The van der Waals surface area contributed by atoms with Crippen LogP contribution in [0.4, 0.5) is 31.0 Å². The number of piperazine rings is 1. The highest BCUT2D eigenvalue weighted by Crippen LogP contribution is 2.29. The maximum atomic E-state index is 12.8. The molecule has 204 valence electrons. The van der Waals surface area contributed by atoms with Crippen LogP contribution >= 0.6 is 0 Å². The van der Waals surface area contributed by atoms with Gasteiger partial charge in [0.1, 0.15) is 5.75 Å². The summed E-state index contributed by atoms with van der Waals surface area (Å²) in [6.07, 6.45) is -2.17. The Labute approximate surface area is 221 Å². The van der Waals surface area contributed by atoms with E-state index < -0.39 is 11.7 Å². The number of nitrogens with zero attached hydrogens (tertiary/aromatic N) is 6. The van der Waals surface area contributed by atoms with Gasteiger partial charge in [0, 0.05) is 53.4 Å². The molecule has 1 saturated heterocycles. The van der Waals surface area contributed by atoms with Gasteiger partial charge in [0.15, 0.2) is 0 Å². The molecule has 1 fully saturated rings. The third kappa shape index (κ3) is 7.47. The fraction of sp³-hybridized carbons (Fsp3) is 0.444. The van der Waals surface area contributed by atoms with Crippen molar-refractivity contribution in [3.05, 3.63) is 65.2 Å². The molecule has 2 N–H and O–H groups in total. The second-order valence-corrected chi connectivity index (χ2v) is 9.53. The van der Waals surface area contributed by atoms with Crippen LogP contribution in [0.5, 0.6) is 5.75 Å². The van der Waals surface area contributed by atoms with Gasteiger partial charge in [-0.15, -0.1) is 0 Å². The van der Waals surface area contributed by atoms with Crippen molar-refractivity contribution in [3.8, 4) is 5.75 Å². The highest BCUT2D eigenvalue weighted by molar-refractivity contribution is 5.46. The van der Waals surface area contributed by atoms with Crippen LogP contribution in [0.15, 0.2) is 48.5 Å². The first-order valence-corrected chi connectivity index (χ1v) is 12.8. The van der Waals surface area contributed by atoms with Crippen LogP contribution < -0.4 is 20.0 Å². The van der Waals surface area contributed by atoms with E-state index in [-0.39, 0.29) is 5.75 Å². The first-order valence-electron chi connectivity index (χ1n) is 12.8. The van der Waals surface area contributed by atoms with Crippen LogP contribution in [0.3, 0.4) is 0 Å². The number of alkyl halides is 3. The average Bonchev–Trinajstić information content (AvgIpc) is 2.92. The summed E-state index contributed by atoms with van der Waals surface area (Å²) in [7, 11) is 3.87. The van der Waals surface area contributed by atoms with E-state index in [0.717, 1.165) is 62.3 Å². The molecule has 2 heterocycles. The van der Waals surface area contributed by atoms with E-state index in [1.165, 1.54) is 12.1 Å². The molecule has 0 aliphatic carbocycles. The summed E-state index contributed by atoms with van der Waals surface area (Å²) < 4.78 is 38.5. The molecule has 8 nitrogen and oxygen atoms in total. The first kappa shape index (κ1) is 27.4. The quantitative estimate of drug-likeness (QED) is 0.411. The number of hydrogen-bond donors (Lipinski definition) is 2. The van der Waals surface area contributed by atoms with Crippen molar-refractivity contribution in [1.29, 1.82) is 0 Å². The molecule has 11 heteroatoms. The Bertz CT molecular complexity index is 1170. The molecule has 0 radical (unpaired) electrons. The molecule has 0 amide bonds. The number of likely N-dealkylation sites (N-methyl/N-ethyl adjacent to an activating group) is 1. The topological polar surface area (TPSA) is 80.7 Å². The number of aryl methyl sites for hydroxylation is 1. The number of phenols is 1. The van der Waals surface area contributed by atoms with Gasteiger partial charge in [-0.2, -0.15) is 28.1 Å². The van der Waals surface area contributed by atoms with Gasteiger partial charge in [0.25, 0.3) is 0 Å². The third-order valence-electron chi connectivity index (χ3n) is 6.60. The van der Waals surface area contributed by atoms with Crippen LogP contribution in [-0.2, 0) is 19.0 Å². The minimum Gasteiger partial charge on any atom is -0.508 e. The number of phenolic OH excluding ortho intramolecular Hbond substituents is 1. The first-order chi connectivity index (χ1) is 18.2. The molecule has 0 spiro atoms. The lowest BCUT2D eigenvalue weighted by Crippen LogP contribution is -2.44. The Kier molecular flexibility index (Phi) is 8.88. The van der Waals surface area contributed by atoms with Gasteiger partial charge in [-0.3, -0.25) is 0 Å². The minimum atomic E-state index is -4.32. The van der Waals surface area contributed by atoms with E-state index in [4.69, 9.17) is 15.0 Å². The summed E-state index contributed by atoms with van der Waals surface area (Å²) in [6.45, 7) is 4.65. The molecular weight excluding hydrogens is 495 g/mol. The Balaban J connectivity index is 1.43. The third-order valence-corrected chi connectivity index (χ3v) is 6.60. The number of aromatic hydroxyl groups is 1. The normalized spacial score (nSPS) is 14.0. The van der Waals surface area contributed by atoms with Gasteiger partial charge in [-0.25, -0.2) is 0 Å². The SMILES string of the molecule is CN(CCCc1ccc(C(F)(F)F)cc1)c1nc(N(C)CCc2ccc(O)cc2)nc(N2CCNCC2)n1. The van der Waals surface area contributed by atoms with Crippen LogP contribution in [-0.4, -0.2) is 73.4 Å².